The third-order valence-corrected chi connectivity index (χ3v) is 4.38. The Bertz CT molecular complexity index is 430. The summed E-state index contributed by atoms with van der Waals surface area (Å²) in [5, 5.41) is 3.06. The van der Waals surface area contributed by atoms with E-state index in [1.807, 2.05) is 24.3 Å². The number of nitrogens with one attached hydrogen (secondary N) is 1. The zero-order valence-electron chi connectivity index (χ0n) is 11.2. The zero-order valence-corrected chi connectivity index (χ0v) is 13.4. The Morgan fingerprint density at radius 1 is 1.53 bits per heavy atom. The molecule has 0 saturated carbocycles. The van der Waals surface area contributed by atoms with Gasteiger partial charge < -0.3 is 10.1 Å². The van der Waals surface area contributed by atoms with Gasteiger partial charge >= 0.3 is 0 Å². The highest BCUT2D eigenvalue weighted by atomic mass is 127. The van der Waals surface area contributed by atoms with Gasteiger partial charge in [-0.25, -0.2) is 0 Å². The summed E-state index contributed by atoms with van der Waals surface area (Å²) in [6.07, 6.45) is 4.74. The van der Waals surface area contributed by atoms with E-state index >= 15 is 0 Å². The Morgan fingerprint density at radius 3 is 3.00 bits per heavy atom. The molecule has 1 amide bonds. The molecule has 1 aliphatic rings. The molecule has 4 heteroatoms. The van der Waals surface area contributed by atoms with E-state index in [9.17, 15) is 4.79 Å². The molecule has 0 spiro atoms. The highest BCUT2D eigenvalue weighted by Gasteiger charge is 2.17. The molecule has 2 rings (SSSR count). The average Bonchev–Trinajstić information content (AvgIpc) is 2.90. The second-order valence-corrected chi connectivity index (χ2v) is 6.23. The number of carbonyl (C=O) groups is 1. The molecule has 1 saturated heterocycles. The first-order chi connectivity index (χ1) is 9.16. The molecule has 104 valence electrons. The normalized spacial score (nSPS) is 20.2. The van der Waals surface area contributed by atoms with E-state index in [-0.39, 0.29) is 11.9 Å². The molecule has 3 nitrogen and oxygen atoms in total. The van der Waals surface area contributed by atoms with Crippen LogP contribution in [0, 0.1) is 3.57 Å². The van der Waals surface area contributed by atoms with Crippen molar-refractivity contribution in [1.82, 2.24) is 5.32 Å². The van der Waals surface area contributed by atoms with E-state index < -0.39 is 0 Å². The number of rotatable bonds is 5. The van der Waals surface area contributed by atoms with Crippen LogP contribution in [-0.4, -0.2) is 24.7 Å². The molecule has 1 heterocycles. The van der Waals surface area contributed by atoms with Crippen molar-refractivity contribution < 1.29 is 9.53 Å². The van der Waals surface area contributed by atoms with E-state index in [4.69, 9.17) is 4.74 Å². The van der Waals surface area contributed by atoms with Crippen molar-refractivity contribution in [2.24, 2.45) is 0 Å². The van der Waals surface area contributed by atoms with Crippen LogP contribution in [0.2, 0.25) is 0 Å². The van der Waals surface area contributed by atoms with Crippen LogP contribution in [0.3, 0.4) is 0 Å². The smallest absolute Gasteiger partial charge is 0.252 e. The molecule has 1 aliphatic heterocycles. The summed E-state index contributed by atoms with van der Waals surface area (Å²) in [5.74, 6) is 0.0184. The molecule has 2 unspecified atom stereocenters. The number of ether oxygens (including phenoxy) is 1. The lowest BCUT2D eigenvalue weighted by molar-refractivity contribution is 0.0898. The molecule has 19 heavy (non-hydrogen) atoms. The first kappa shape index (κ1) is 14.8. The maximum Gasteiger partial charge on any atom is 0.252 e. The molecule has 1 aromatic carbocycles. The lowest BCUT2D eigenvalue weighted by Crippen LogP contribution is -2.33. The van der Waals surface area contributed by atoms with Gasteiger partial charge in [-0.2, -0.15) is 0 Å². The fourth-order valence-electron chi connectivity index (χ4n) is 2.33. The number of halogens is 1. The van der Waals surface area contributed by atoms with Gasteiger partial charge in [0, 0.05) is 16.2 Å². The van der Waals surface area contributed by atoms with E-state index in [2.05, 4.69) is 34.8 Å². The molecular weight excluding hydrogens is 353 g/mol. The van der Waals surface area contributed by atoms with Crippen LogP contribution in [0.1, 0.15) is 43.0 Å². The van der Waals surface area contributed by atoms with E-state index in [1.165, 1.54) is 6.42 Å². The highest BCUT2D eigenvalue weighted by molar-refractivity contribution is 14.1. The fraction of sp³-hybridized carbons (Fsp3) is 0.533. The number of hydrogen-bond donors (Lipinski definition) is 1. The van der Waals surface area contributed by atoms with Crippen molar-refractivity contribution >= 4 is 28.5 Å². The van der Waals surface area contributed by atoms with Crippen molar-refractivity contribution in [3.05, 3.63) is 33.4 Å². The van der Waals surface area contributed by atoms with Gasteiger partial charge in [0.15, 0.2) is 0 Å². The van der Waals surface area contributed by atoms with Gasteiger partial charge in [-0.05, 0) is 67.3 Å². The first-order valence-electron chi connectivity index (χ1n) is 6.84. The number of carbonyl (C=O) groups excluding carboxylic acids is 1. The Balaban J connectivity index is 1.79. The Kier molecular flexibility index (Phi) is 5.63. The van der Waals surface area contributed by atoms with Crippen molar-refractivity contribution in [2.75, 3.05) is 6.61 Å². The van der Waals surface area contributed by atoms with Gasteiger partial charge in [0.2, 0.25) is 0 Å². The van der Waals surface area contributed by atoms with Gasteiger partial charge in [0.05, 0.1) is 11.7 Å². The Hall–Kier alpha value is -0.620. The first-order valence-corrected chi connectivity index (χ1v) is 7.91. The molecule has 0 bridgehead atoms. The molecule has 1 N–H and O–H groups in total. The molecule has 0 aromatic heterocycles. The zero-order chi connectivity index (χ0) is 13.7. The molecule has 0 radical (unpaired) electrons. The summed E-state index contributed by atoms with van der Waals surface area (Å²) in [4.78, 5) is 12.1. The lowest BCUT2D eigenvalue weighted by atomic mass is 10.1. The van der Waals surface area contributed by atoms with Crippen LogP contribution in [0.4, 0.5) is 0 Å². The third-order valence-electron chi connectivity index (χ3n) is 3.44. The topological polar surface area (TPSA) is 38.3 Å². The number of amides is 1. The predicted molar refractivity (Wildman–Crippen MR) is 84.3 cm³/mol. The van der Waals surface area contributed by atoms with E-state index in [1.54, 1.807) is 0 Å². The van der Waals surface area contributed by atoms with Crippen LogP contribution in [0.25, 0.3) is 0 Å². The van der Waals surface area contributed by atoms with Gasteiger partial charge in [0.1, 0.15) is 0 Å². The second-order valence-electron chi connectivity index (χ2n) is 5.07. The fourth-order valence-corrected chi connectivity index (χ4v) is 2.96. The minimum atomic E-state index is 0.0184. The minimum Gasteiger partial charge on any atom is -0.378 e. The monoisotopic (exact) mass is 373 g/mol. The summed E-state index contributed by atoms with van der Waals surface area (Å²) in [7, 11) is 0. The molecule has 2 atom stereocenters. The van der Waals surface area contributed by atoms with Crippen LogP contribution in [-0.2, 0) is 4.74 Å². The Labute approximate surface area is 128 Å². The SMILES string of the molecule is CC(CCC1CCCO1)NC(=O)c1ccccc1I. The van der Waals surface area contributed by atoms with Gasteiger partial charge in [-0.3, -0.25) is 4.79 Å². The second kappa shape index (κ2) is 7.24. The number of hydrogen-bond acceptors (Lipinski definition) is 2. The summed E-state index contributed by atoms with van der Waals surface area (Å²) in [5.41, 5.74) is 0.757. The number of benzene rings is 1. The maximum absolute atomic E-state index is 12.1. The van der Waals surface area contributed by atoms with Gasteiger partial charge in [-0.15, -0.1) is 0 Å². The predicted octanol–water partition coefficient (Wildman–Crippen LogP) is 3.37. The quantitative estimate of drug-likeness (QED) is 0.804. The third kappa shape index (κ3) is 4.45. The molecule has 1 fully saturated rings. The summed E-state index contributed by atoms with van der Waals surface area (Å²) in [6, 6.07) is 7.84. The summed E-state index contributed by atoms with van der Waals surface area (Å²) >= 11 is 2.19. The van der Waals surface area contributed by atoms with E-state index in [0.717, 1.165) is 35.0 Å². The maximum atomic E-state index is 12.1. The largest absolute Gasteiger partial charge is 0.378 e. The van der Waals surface area contributed by atoms with Crippen LogP contribution < -0.4 is 5.32 Å². The van der Waals surface area contributed by atoms with Crippen molar-refractivity contribution in [3.63, 3.8) is 0 Å². The van der Waals surface area contributed by atoms with Crippen LogP contribution in [0.15, 0.2) is 24.3 Å². The standard InChI is InChI=1S/C15H20INO2/c1-11(8-9-12-5-4-10-19-12)17-15(18)13-6-2-3-7-14(13)16/h2-3,6-7,11-12H,4-5,8-10H2,1H3,(H,17,18). The summed E-state index contributed by atoms with van der Waals surface area (Å²) < 4.78 is 6.59. The molecule has 1 aromatic rings. The lowest BCUT2D eigenvalue weighted by Gasteiger charge is -2.16. The summed E-state index contributed by atoms with van der Waals surface area (Å²) in [6.45, 7) is 2.95. The van der Waals surface area contributed by atoms with Crippen molar-refractivity contribution in [1.29, 1.82) is 0 Å². The minimum absolute atomic E-state index is 0.0184. The van der Waals surface area contributed by atoms with Crippen LogP contribution >= 0.6 is 22.6 Å². The van der Waals surface area contributed by atoms with Gasteiger partial charge in [0.25, 0.3) is 5.91 Å². The van der Waals surface area contributed by atoms with Crippen molar-refractivity contribution in [3.8, 4) is 0 Å². The molecular formula is C15H20INO2. The van der Waals surface area contributed by atoms with Crippen molar-refractivity contribution in [2.45, 2.75) is 44.8 Å². The van der Waals surface area contributed by atoms with E-state index in [0.29, 0.717) is 6.10 Å². The van der Waals surface area contributed by atoms with Crippen LogP contribution in [0.5, 0.6) is 0 Å². The van der Waals surface area contributed by atoms with Gasteiger partial charge in [-0.1, -0.05) is 12.1 Å². The Morgan fingerprint density at radius 2 is 2.32 bits per heavy atom. The highest BCUT2D eigenvalue weighted by Crippen LogP contribution is 2.18. The average molecular weight is 373 g/mol. The molecule has 0 aliphatic carbocycles.